The van der Waals surface area contributed by atoms with Gasteiger partial charge in [-0.2, -0.15) is 0 Å². The fraction of sp³-hybridized carbons (Fsp3) is 0.600. The highest BCUT2D eigenvalue weighted by atomic mass is 35.5. The second-order valence-corrected chi connectivity index (χ2v) is 4.90. The number of halogens is 2. The van der Waals surface area contributed by atoms with Crippen LogP contribution in [0.3, 0.4) is 0 Å². The number of nitrogens with zero attached hydrogens (tertiary/aromatic N) is 3. The molecule has 0 amide bonds. The van der Waals surface area contributed by atoms with Gasteiger partial charge in [0, 0.05) is 19.2 Å². The molecule has 0 radical (unpaired) electrons. The van der Waals surface area contributed by atoms with E-state index >= 15 is 0 Å². The van der Waals surface area contributed by atoms with Gasteiger partial charge in [0.2, 0.25) is 5.28 Å². The predicted octanol–water partition coefficient (Wildman–Crippen LogP) is 2.88. The van der Waals surface area contributed by atoms with E-state index in [0.717, 1.165) is 18.9 Å². The summed E-state index contributed by atoms with van der Waals surface area (Å²) in [6.07, 6.45) is 0. The zero-order valence-corrected chi connectivity index (χ0v) is 10.3. The summed E-state index contributed by atoms with van der Waals surface area (Å²) in [5, 5.41) is 0.613. The standard InChI is InChI=1S/C10H13Cl2N3/c1-6-4-15(5-7(6)2)9-3-8(11)13-10(12)14-9/h3,6-7H,4-5H2,1-2H3. The van der Waals surface area contributed by atoms with Gasteiger partial charge in [0.1, 0.15) is 11.0 Å². The topological polar surface area (TPSA) is 29.0 Å². The van der Waals surface area contributed by atoms with Crippen molar-refractivity contribution in [3.8, 4) is 0 Å². The van der Waals surface area contributed by atoms with E-state index in [4.69, 9.17) is 23.2 Å². The van der Waals surface area contributed by atoms with Crippen LogP contribution in [0, 0.1) is 11.8 Å². The Morgan fingerprint density at radius 3 is 2.33 bits per heavy atom. The molecule has 1 fully saturated rings. The highest BCUT2D eigenvalue weighted by Gasteiger charge is 2.27. The SMILES string of the molecule is CC1CN(c2cc(Cl)nc(Cl)n2)CC1C. The van der Waals surface area contributed by atoms with Gasteiger partial charge in [-0.25, -0.2) is 9.97 Å². The van der Waals surface area contributed by atoms with Crippen molar-refractivity contribution < 1.29 is 0 Å². The van der Waals surface area contributed by atoms with Gasteiger partial charge in [0.25, 0.3) is 0 Å². The molecule has 0 bridgehead atoms. The number of aromatic nitrogens is 2. The summed E-state index contributed by atoms with van der Waals surface area (Å²) in [4.78, 5) is 10.2. The molecule has 1 aliphatic heterocycles. The first kappa shape index (κ1) is 11.0. The summed E-state index contributed by atoms with van der Waals surface area (Å²) in [6, 6.07) is 1.76. The van der Waals surface area contributed by atoms with Gasteiger partial charge in [-0.15, -0.1) is 0 Å². The third-order valence-electron chi connectivity index (χ3n) is 2.97. The average Bonchev–Trinajstić information content (AvgIpc) is 2.45. The smallest absolute Gasteiger partial charge is 0.225 e. The fourth-order valence-electron chi connectivity index (χ4n) is 1.86. The first-order valence-electron chi connectivity index (χ1n) is 5.01. The van der Waals surface area contributed by atoms with E-state index in [-0.39, 0.29) is 5.28 Å². The maximum Gasteiger partial charge on any atom is 0.225 e. The molecule has 2 atom stereocenters. The van der Waals surface area contributed by atoms with Gasteiger partial charge in [0.15, 0.2) is 0 Å². The molecule has 2 rings (SSSR count). The van der Waals surface area contributed by atoms with Crippen LogP contribution < -0.4 is 4.90 Å². The van der Waals surface area contributed by atoms with Gasteiger partial charge in [-0.1, -0.05) is 25.4 Å². The monoisotopic (exact) mass is 245 g/mol. The lowest BCUT2D eigenvalue weighted by Gasteiger charge is -2.16. The van der Waals surface area contributed by atoms with E-state index in [1.807, 2.05) is 0 Å². The zero-order chi connectivity index (χ0) is 11.0. The Labute approximate surface area is 99.4 Å². The number of hydrogen-bond acceptors (Lipinski definition) is 3. The van der Waals surface area contributed by atoms with Crippen LogP contribution in [0.4, 0.5) is 5.82 Å². The number of anilines is 1. The van der Waals surface area contributed by atoms with Crippen LogP contribution in [0.2, 0.25) is 10.4 Å². The fourth-order valence-corrected chi connectivity index (χ4v) is 2.26. The molecule has 0 N–H and O–H groups in total. The molecule has 5 heteroatoms. The Hall–Kier alpha value is -0.540. The van der Waals surface area contributed by atoms with Crippen LogP contribution in [0.15, 0.2) is 6.07 Å². The maximum atomic E-state index is 5.84. The maximum absolute atomic E-state index is 5.84. The molecule has 1 aromatic rings. The van der Waals surface area contributed by atoms with E-state index in [1.54, 1.807) is 6.07 Å². The largest absolute Gasteiger partial charge is 0.356 e. The number of hydrogen-bond donors (Lipinski definition) is 0. The first-order valence-corrected chi connectivity index (χ1v) is 5.77. The summed E-state index contributed by atoms with van der Waals surface area (Å²) < 4.78 is 0. The van der Waals surface area contributed by atoms with Crippen LogP contribution in [-0.4, -0.2) is 23.1 Å². The van der Waals surface area contributed by atoms with E-state index in [0.29, 0.717) is 17.0 Å². The lowest BCUT2D eigenvalue weighted by atomic mass is 10.0. The summed E-state index contributed by atoms with van der Waals surface area (Å²) in [5.41, 5.74) is 0. The molecule has 2 unspecified atom stereocenters. The highest BCUT2D eigenvalue weighted by Crippen LogP contribution is 2.28. The molecule has 82 valence electrons. The predicted molar refractivity (Wildman–Crippen MR) is 62.6 cm³/mol. The van der Waals surface area contributed by atoms with Crippen molar-refractivity contribution >= 4 is 29.0 Å². The van der Waals surface area contributed by atoms with Crippen LogP contribution >= 0.6 is 23.2 Å². The van der Waals surface area contributed by atoms with Crippen molar-refractivity contribution in [2.45, 2.75) is 13.8 Å². The van der Waals surface area contributed by atoms with Gasteiger partial charge in [0.05, 0.1) is 0 Å². The van der Waals surface area contributed by atoms with Gasteiger partial charge < -0.3 is 4.90 Å². The van der Waals surface area contributed by atoms with Crippen LogP contribution in [0.25, 0.3) is 0 Å². The summed E-state index contributed by atoms with van der Waals surface area (Å²) >= 11 is 11.6. The van der Waals surface area contributed by atoms with Gasteiger partial charge in [-0.3, -0.25) is 0 Å². The minimum absolute atomic E-state index is 0.213. The molecule has 2 heterocycles. The first-order chi connectivity index (χ1) is 7.06. The molecule has 0 aromatic carbocycles. The molecule has 0 spiro atoms. The summed E-state index contributed by atoms with van der Waals surface area (Å²) in [6.45, 7) is 6.50. The summed E-state index contributed by atoms with van der Waals surface area (Å²) in [5.74, 6) is 2.19. The van der Waals surface area contributed by atoms with Crippen LogP contribution in [0.5, 0.6) is 0 Å². The van der Waals surface area contributed by atoms with E-state index in [1.165, 1.54) is 0 Å². The highest BCUT2D eigenvalue weighted by molar-refractivity contribution is 6.32. The van der Waals surface area contributed by atoms with E-state index in [9.17, 15) is 0 Å². The normalized spacial score (nSPS) is 26.0. The molecular weight excluding hydrogens is 233 g/mol. The third kappa shape index (κ3) is 2.34. The van der Waals surface area contributed by atoms with Crippen molar-refractivity contribution in [3.05, 3.63) is 16.5 Å². The Bertz CT molecular complexity index is 339. The van der Waals surface area contributed by atoms with Crippen molar-refractivity contribution in [1.82, 2.24) is 9.97 Å². The third-order valence-corrected chi connectivity index (χ3v) is 3.33. The minimum Gasteiger partial charge on any atom is -0.356 e. The van der Waals surface area contributed by atoms with Crippen molar-refractivity contribution in [1.29, 1.82) is 0 Å². The molecule has 15 heavy (non-hydrogen) atoms. The minimum atomic E-state index is 0.213. The van der Waals surface area contributed by atoms with Crippen LogP contribution in [0.1, 0.15) is 13.8 Å². The Balaban J connectivity index is 2.23. The molecule has 0 aliphatic carbocycles. The van der Waals surface area contributed by atoms with Gasteiger partial charge >= 0.3 is 0 Å². The number of rotatable bonds is 1. The molecule has 3 nitrogen and oxygen atoms in total. The second kappa shape index (κ2) is 4.14. The van der Waals surface area contributed by atoms with Gasteiger partial charge in [-0.05, 0) is 23.4 Å². The average molecular weight is 246 g/mol. The molecule has 1 saturated heterocycles. The van der Waals surface area contributed by atoms with Crippen molar-refractivity contribution in [3.63, 3.8) is 0 Å². The van der Waals surface area contributed by atoms with E-state index < -0.39 is 0 Å². The summed E-state index contributed by atoms with van der Waals surface area (Å²) in [7, 11) is 0. The Morgan fingerprint density at radius 2 is 1.80 bits per heavy atom. The lowest BCUT2D eigenvalue weighted by molar-refractivity contribution is 0.494. The van der Waals surface area contributed by atoms with Crippen molar-refractivity contribution in [2.75, 3.05) is 18.0 Å². The Morgan fingerprint density at radius 1 is 1.20 bits per heavy atom. The Kier molecular flexibility index (Phi) is 3.03. The molecule has 1 aromatic heterocycles. The second-order valence-electron chi connectivity index (χ2n) is 4.18. The lowest BCUT2D eigenvalue weighted by Crippen LogP contribution is -2.20. The molecular formula is C10H13Cl2N3. The molecule has 0 saturated carbocycles. The molecule has 1 aliphatic rings. The zero-order valence-electron chi connectivity index (χ0n) is 8.74. The quantitative estimate of drug-likeness (QED) is 0.563. The van der Waals surface area contributed by atoms with Crippen molar-refractivity contribution in [2.24, 2.45) is 11.8 Å². The van der Waals surface area contributed by atoms with Crippen LogP contribution in [-0.2, 0) is 0 Å². The van der Waals surface area contributed by atoms with E-state index in [2.05, 4.69) is 28.7 Å².